The van der Waals surface area contributed by atoms with E-state index in [0.29, 0.717) is 25.7 Å². The molecule has 3 aliphatic rings. The molecular formula is C84H162N4O4. The minimum absolute atomic E-state index is 0. The standard InChI is InChI=1S/C84H160N4O4.H2/c1-5-9-13-17-21-23-25-27-29-31-33-35-37-41-51-67-81(89)85-77-63-55-57-65-79(77)87-83(91)69-53-45-43-49-61-75-71-73(59-47-39-19-15-11-7-3)74(60-48-40-20-16-12-8-4)72-76(75)62-50-44-46-54-70-84(92)88-80-66-58-56-64-78(80)86-82(90)68-52-42-38-36-34-32-30-28-26-24-22-18-14-10-6-2;/h73-80H,5-72H2,1-4H3,(H,85,89)(H,86,90)(H,87,91)(H,88,92);1H/t73?,74?,75?,76?,77-,78+,79+,80-;. The van der Waals surface area contributed by atoms with Crippen LogP contribution in [0.4, 0.5) is 0 Å². The Labute approximate surface area is 574 Å². The van der Waals surface area contributed by atoms with E-state index in [4.69, 9.17) is 0 Å². The van der Waals surface area contributed by atoms with E-state index < -0.39 is 0 Å². The zero-order valence-electron chi connectivity index (χ0n) is 62.3. The Morgan fingerprint density at radius 1 is 0.228 bits per heavy atom. The van der Waals surface area contributed by atoms with E-state index in [2.05, 4.69) is 49.0 Å². The van der Waals surface area contributed by atoms with Crippen LogP contribution in [0, 0.1) is 23.7 Å². The Bertz CT molecular complexity index is 1580. The number of nitrogens with one attached hydrogen (secondary N) is 4. The summed E-state index contributed by atoms with van der Waals surface area (Å²) in [5.74, 6) is 4.13. The summed E-state index contributed by atoms with van der Waals surface area (Å²) in [6.45, 7) is 9.25. The fourth-order valence-electron chi connectivity index (χ4n) is 16.8. The first-order valence-electron chi connectivity index (χ1n) is 42.4. The van der Waals surface area contributed by atoms with Crippen molar-refractivity contribution in [3.8, 4) is 0 Å². The van der Waals surface area contributed by atoms with Gasteiger partial charge in [-0.15, -0.1) is 0 Å². The Balaban J connectivity index is 0.0000295. The zero-order chi connectivity index (χ0) is 65.8. The maximum Gasteiger partial charge on any atom is 0.220 e. The van der Waals surface area contributed by atoms with E-state index in [1.807, 2.05) is 0 Å². The summed E-state index contributed by atoms with van der Waals surface area (Å²) in [5.41, 5.74) is 0. The molecule has 3 fully saturated rings. The van der Waals surface area contributed by atoms with Gasteiger partial charge in [0.05, 0.1) is 0 Å². The molecule has 0 radical (unpaired) electrons. The third-order valence-electron chi connectivity index (χ3n) is 22.8. The van der Waals surface area contributed by atoms with Gasteiger partial charge in [-0.1, -0.05) is 374 Å². The highest BCUT2D eigenvalue weighted by molar-refractivity contribution is 5.78. The first kappa shape index (κ1) is 84.1. The van der Waals surface area contributed by atoms with E-state index >= 15 is 0 Å². The molecule has 0 aromatic rings. The predicted molar refractivity (Wildman–Crippen MR) is 400 cm³/mol. The highest BCUT2D eigenvalue weighted by Crippen LogP contribution is 2.47. The van der Waals surface area contributed by atoms with Crippen molar-refractivity contribution >= 4 is 23.6 Å². The molecule has 3 rings (SSSR count). The number of unbranched alkanes of at least 4 members (excludes halogenated alkanes) is 44. The lowest BCUT2D eigenvalue weighted by atomic mass is 9.63. The van der Waals surface area contributed by atoms with Crippen molar-refractivity contribution in [2.75, 3.05) is 0 Å². The fraction of sp³-hybridized carbons (Fsp3) is 0.952. The molecule has 8 atom stereocenters. The average Bonchev–Trinajstić information content (AvgIpc) is 0.984. The molecule has 0 aliphatic heterocycles. The molecule has 0 aromatic carbocycles. The maximum absolute atomic E-state index is 13.4. The summed E-state index contributed by atoms with van der Waals surface area (Å²) in [4.78, 5) is 53.1. The molecule has 4 amide bonds. The molecule has 3 aliphatic carbocycles. The van der Waals surface area contributed by atoms with Crippen LogP contribution in [0.3, 0.4) is 0 Å². The zero-order valence-corrected chi connectivity index (χ0v) is 62.3. The topological polar surface area (TPSA) is 116 Å². The summed E-state index contributed by atoms with van der Waals surface area (Å²) in [6, 6.07) is 0.276. The molecule has 3 saturated carbocycles. The Morgan fingerprint density at radius 2 is 0.380 bits per heavy atom. The van der Waals surface area contributed by atoms with Crippen LogP contribution in [0.15, 0.2) is 0 Å². The molecule has 0 heterocycles. The van der Waals surface area contributed by atoms with Crippen molar-refractivity contribution in [1.29, 1.82) is 0 Å². The van der Waals surface area contributed by atoms with Crippen LogP contribution in [-0.2, 0) is 19.2 Å². The Morgan fingerprint density at radius 3 is 0.554 bits per heavy atom. The van der Waals surface area contributed by atoms with Gasteiger partial charge in [-0.2, -0.15) is 0 Å². The van der Waals surface area contributed by atoms with Crippen molar-refractivity contribution < 1.29 is 20.6 Å². The SMILES string of the molecule is CCCCCCCCCCCCCCCCCC(=O)N[C@H]1CCCC[C@H]1NC(=O)CCCCCCC1CC(CCCCCCCC)C(CCCCCCCC)CC1CCCCCCC(=O)N[C@H]1CCCC[C@H]1NC(=O)CCCCCCCCCCCCCCCCC.[HH]. The summed E-state index contributed by atoms with van der Waals surface area (Å²) in [6.07, 6.45) is 85.1. The maximum atomic E-state index is 13.4. The smallest absolute Gasteiger partial charge is 0.220 e. The van der Waals surface area contributed by atoms with Crippen molar-refractivity contribution in [2.45, 2.75) is 488 Å². The van der Waals surface area contributed by atoms with Crippen LogP contribution in [0.2, 0.25) is 0 Å². The highest BCUT2D eigenvalue weighted by atomic mass is 16.2. The summed E-state index contributed by atoms with van der Waals surface area (Å²) < 4.78 is 0. The molecule has 0 spiro atoms. The van der Waals surface area contributed by atoms with E-state index in [1.54, 1.807) is 0 Å². The summed E-state index contributed by atoms with van der Waals surface area (Å²) in [7, 11) is 0. The third-order valence-corrected chi connectivity index (χ3v) is 22.8. The molecule has 92 heavy (non-hydrogen) atoms. The van der Waals surface area contributed by atoms with Crippen LogP contribution in [-0.4, -0.2) is 47.8 Å². The largest absolute Gasteiger partial charge is 0.351 e. The summed E-state index contributed by atoms with van der Waals surface area (Å²) >= 11 is 0. The van der Waals surface area contributed by atoms with Gasteiger partial charge in [0.1, 0.15) is 0 Å². The lowest BCUT2D eigenvalue weighted by Gasteiger charge is -2.42. The second-order valence-corrected chi connectivity index (χ2v) is 31.2. The number of hydrogen-bond acceptors (Lipinski definition) is 4. The fourth-order valence-corrected chi connectivity index (χ4v) is 16.8. The lowest BCUT2D eigenvalue weighted by Crippen LogP contribution is -2.53. The predicted octanol–water partition coefficient (Wildman–Crippen LogP) is 25.3. The van der Waals surface area contributed by atoms with Gasteiger partial charge in [0, 0.05) is 51.3 Å². The van der Waals surface area contributed by atoms with Crippen molar-refractivity contribution in [3.63, 3.8) is 0 Å². The van der Waals surface area contributed by atoms with Crippen LogP contribution in [0.1, 0.15) is 466 Å². The molecule has 8 nitrogen and oxygen atoms in total. The Kier molecular flexibility index (Phi) is 56.0. The average molecular weight is 1290 g/mol. The quantitative estimate of drug-likeness (QED) is 0.0454. The minimum atomic E-state index is 0. The molecule has 0 aromatic heterocycles. The van der Waals surface area contributed by atoms with Gasteiger partial charge in [-0.05, 0) is 87.9 Å². The van der Waals surface area contributed by atoms with Gasteiger partial charge in [0.2, 0.25) is 23.6 Å². The molecule has 4 N–H and O–H groups in total. The van der Waals surface area contributed by atoms with Crippen LogP contribution in [0.5, 0.6) is 0 Å². The molecule has 542 valence electrons. The lowest BCUT2D eigenvalue weighted by molar-refractivity contribution is -0.125. The third kappa shape index (κ3) is 46.2. The van der Waals surface area contributed by atoms with Gasteiger partial charge in [-0.3, -0.25) is 19.2 Å². The van der Waals surface area contributed by atoms with Gasteiger partial charge in [0.15, 0.2) is 0 Å². The van der Waals surface area contributed by atoms with Gasteiger partial charge in [-0.25, -0.2) is 0 Å². The number of carbonyl (C=O) groups excluding carboxylic acids is 4. The van der Waals surface area contributed by atoms with Crippen LogP contribution < -0.4 is 21.3 Å². The number of rotatable bonds is 64. The van der Waals surface area contributed by atoms with Gasteiger partial charge < -0.3 is 21.3 Å². The van der Waals surface area contributed by atoms with Crippen molar-refractivity contribution in [1.82, 2.24) is 21.3 Å². The molecule has 8 heteroatoms. The van der Waals surface area contributed by atoms with Crippen LogP contribution in [0.25, 0.3) is 0 Å². The van der Waals surface area contributed by atoms with Crippen molar-refractivity contribution in [2.24, 2.45) is 23.7 Å². The highest BCUT2D eigenvalue weighted by Gasteiger charge is 2.36. The first-order chi connectivity index (χ1) is 45.3. The van der Waals surface area contributed by atoms with Crippen molar-refractivity contribution in [3.05, 3.63) is 0 Å². The summed E-state index contributed by atoms with van der Waals surface area (Å²) in [5, 5.41) is 13.5. The molecule has 0 saturated heterocycles. The molecular weight excluding hydrogens is 1130 g/mol. The Hall–Kier alpha value is -2.12. The molecule has 0 bridgehead atoms. The number of hydrogen-bond donors (Lipinski definition) is 4. The second kappa shape index (κ2) is 61.2. The van der Waals surface area contributed by atoms with Gasteiger partial charge >= 0.3 is 0 Å². The van der Waals surface area contributed by atoms with E-state index in [-0.39, 0.29) is 49.2 Å². The van der Waals surface area contributed by atoms with Gasteiger partial charge in [0.25, 0.3) is 0 Å². The monoisotopic (exact) mass is 1290 g/mol. The minimum Gasteiger partial charge on any atom is -0.351 e. The first-order valence-corrected chi connectivity index (χ1v) is 42.4. The van der Waals surface area contributed by atoms with E-state index in [1.165, 1.54) is 308 Å². The second-order valence-electron chi connectivity index (χ2n) is 31.2. The van der Waals surface area contributed by atoms with E-state index in [0.717, 1.165) is 126 Å². The number of carbonyl (C=O) groups is 4. The normalized spacial score (nSPS) is 20.9. The number of amides is 4. The molecule has 4 unspecified atom stereocenters. The van der Waals surface area contributed by atoms with E-state index in [9.17, 15) is 19.2 Å². The van der Waals surface area contributed by atoms with Crippen LogP contribution >= 0.6 is 0 Å².